The number of carbonyl (C=O) groups is 1. The van der Waals surface area contributed by atoms with Crippen molar-refractivity contribution in [2.24, 2.45) is 0 Å². The van der Waals surface area contributed by atoms with E-state index in [0.29, 0.717) is 6.61 Å². The first-order valence-corrected chi connectivity index (χ1v) is 9.93. The highest BCUT2D eigenvalue weighted by molar-refractivity contribution is 5.92. The van der Waals surface area contributed by atoms with Crippen LogP contribution in [0.2, 0.25) is 0 Å². The van der Waals surface area contributed by atoms with Crippen LogP contribution in [0, 0.1) is 0 Å². The molecule has 0 aliphatic carbocycles. The van der Waals surface area contributed by atoms with Crippen molar-refractivity contribution in [3.05, 3.63) is 71.8 Å². The first-order chi connectivity index (χ1) is 13.8. The lowest BCUT2D eigenvalue weighted by Crippen LogP contribution is -3.14. The minimum absolute atomic E-state index is 0.0337. The van der Waals surface area contributed by atoms with Gasteiger partial charge in [0.2, 0.25) is 5.91 Å². The summed E-state index contributed by atoms with van der Waals surface area (Å²) in [5.41, 5.74) is 2.02. The predicted octanol–water partition coefficient (Wildman–Crippen LogP) is 1.87. The maximum atomic E-state index is 12.6. The molecule has 1 fully saturated rings. The molecular weight excluding hydrogens is 352 g/mol. The number of ether oxygens (including phenoxy) is 2. The summed E-state index contributed by atoms with van der Waals surface area (Å²) in [7, 11) is 0. The first-order valence-electron chi connectivity index (χ1n) is 9.93. The van der Waals surface area contributed by atoms with Gasteiger partial charge in [-0.1, -0.05) is 48.5 Å². The molecule has 2 aromatic rings. The molecule has 0 unspecified atom stereocenters. The van der Waals surface area contributed by atoms with Crippen LogP contribution in [-0.2, 0) is 9.53 Å². The van der Waals surface area contributed by atoms with Gasteiger partial charge < -0.3 is 19.7 Å². The molecule has 0 radical (unpaired) electrons. The molecule has 148 valence electrons. The number of hydrogen-bond donors (Lipinski definition) is 2. The van der Waals surface area contributed by atoms with Crippen LogP contribution in [0.4, 0.5) is 0 Å². The Labute approximate surface area is 167 Å². The lowest BCUT2D eigenvalue weighted by Gasteiger charge is -2.28. The summed E-state index contributed by atoms with van der Waals surface area (Å²) in [6.45, 7) is 6.88. The molecule has 1 atom stereocenters. The number of rotatable bonds is 8. The van der Waals surface area contributed by atoms with Gasteiger partial charge in [-0.15, -0.1) is 0 Å². The van der Waals surface area contributed by atoms with E-state index < -0.39 is 0 Å². The van der Waals surface area contributed by atoms with Crippen molar-refractivity contribution in [3.8, 4) is 5.75 Å². The van der Waals surface area contributed by atoms with E-state index >= 15 is 0 Å². The second kappa shape index (κ2) is 10.6. The molecule has 5 heteroatoms. The number of benzene rings is 2. The molecule has 1 amide bonds. The zero-order valence-corrected chi connectivity index (χ0v) is 16.4. The summed E-state index contributed by atoms with van der Waals surface area (Å²) in [6, 6.07) is 17.8. The molecular formula is C23H29N2O3+. The quantitative estimate of drug-likeness (QED) is 0.687. The average Bonchev–Trinajstić information content (AvgIpc) is 2.74. The Morgan fingerprint density at radius 1 is 1.14 bits per heavy atom. The average molecular weight is 381 g/mol. The van der Waals surface area contributed by atoms with Crippen LogP contribution in [0.15, 0.2) is 60.7 Å². The number of nitrogens with one attached hydrogen (secondary N) is 2. The second-order valence-electron chi connectivity index (χ2n) is 6.84. The third kappa shape index (κ3) is 5.94. The minimum Gasteiger partial charge on any atom is -0.493 e. The first kappa shape index (κ1) is 20.1. The Balaban J connectivity index is 1.68. The minimum atomic E-state index is -0.104. The Morgan fingerprint density at radius 2 is 1.86 bits per heavy atom. The third-order valence-corrected chi connectivity index (χ3v) is 4.84. The largest absolute Gasteiger partial charge is 0.493 e. The Hall–Kier alpha value is -2.63. The molecule has 2 N–H and O–H groups in total. The molecule has 3 rings (SSSR count). The van der Waals surface area contributed by atoms with Crippen molar-refractivity contribution < 1.29 is 19.2 Å². The summed E-state index contributed by atoms with van der Waals surface area (Å²) in [4.78, 5) is 14.1. The summed E-state index contributed by atoms with van der Waals surface area (Å²) in [5.74, 6) is 0.680. The SMILES string of the molecule is CCOc1ccccc1/C=C/C(=O)N[C@H](C[NH+]1CCOCC1)c1ccccc1. The van der Waals surface area contributed by atoms with Crippen molar-refractivity contribution in [1.29, 1.82) is 0 Å². The number of morpholine rings is 1. The van der Waals surface area contributed by atoms with Gasteiger partial charge in [-0.2, -0.15) is 0 Å². The fourth-order valence-electron chi connectivity index (χ4n) is 3.38. The maximum absolute atomic E-state index is 12.6. The molecule has 0 saturated carbocycles. The number of quaternary nitrogens is 1. The molecule has 0 spiro atoms. The molecule has 2 aromatic carbocycles. The van der Waals surface area contributed by atoms with E-state index in [4.69, 9.17) is 9.47 Å². The van der Waals surface area contributed by atoms with Crippen LogP contribution in [0.25, 0.3) is 6.08 Å². The summed E-state index contributed by atoms with van der Waals surface area (Å²) >= 11 is 0. The van der Waals surface area contributed by atoms with Crippen molar-refractivity contribution in [1.82, 2.24) is 5.32 Å². The topological polar surface area (TPSA) is 52.0 Å². The highest BCUT2D eigenvalue weighted by atomic mass is 16.5. The van der Waals surface area contributed by atoms with Gasteiger partial charge >= 0.3 is 0 Å². The van der Waals surface area contributed by atoms with Crippen LogP contribution >= 0.6 is 0 Å². The van der Waals surface area contributed by atoms with E-state index in [1.165, 1.54) is 4.90 Å². The van der Waals surface area contributed by atoms with E-state index in [9.17, 15) is 4.79 Å². The lowest BCUT2D eigenvalue weighted by molar-refractivity contribution is -0.909. The predicted molar refractivity (Wildman–Crippen MR) is 110 cm³/mol. The van der Waals surface area contributed by atoms with Gasteiger partial charge in [0.25, 0.3) is 0 Å². The zero-order valence-electron chi connectivity index (χ0n) is 16.4. The number of amides is 1. The summed E-state index contributed by atoms with van der Waals surface area (Å²) < 4.78 is 11.1. The smallest absolute Gasteiger partial charge is 0.244 e. The third-order valence-electron chi connectivity index (χ3n) is 4.84. The Kier molecular flexibility index (Phi) is 7.64. The standard InChI is InChI=1S/C23H28N2O3/c1-2-28-22-11-7-6-10-20(22)12-13-23(26)24-21(19-8-4-3-5-9-19)18-25-14-16-27-17-15-25/h3-13,21H,2,14-18H2,1H3,(H,24,26)/p+1/b13-12+/t21-/m1/s1. The van der Waals surface area contributed by atoms with Crippen LogP contribution < -0.4 is 15.0 Å². The lowest BCUT2D eigenvalue weighted by atomic mass is 10.1. The number of para-hydroxylation sites is 1. The van der Waals surface area contributed by atoms with Crippen molar-refractivity contribution in [2.45, 2.75) is 13.0 Å². The molecule has 1 heterocycles. The van der Waals surface area contributed by atoms with E-state index in [1.54, 1.807) is 6.08 Å². The highest BCUT2D eigenvalue weighted by Crippen LogP contribution is 2.19. The zero-order chi connectivity index (χ0) is 19.6. The van der Waals surface area contributed by atoms with Gasteiger partial charge in [0.05, 0.1) is 19.8 Å². The van der Waals surface area contributed by atoms with Crippen LogP contribution in [0.3, 0.4) is 0 Å². The number of hydrogen-bond acceptors (Lipinski definition) is 3. The summed E-state index contributed by atoms with van der Waals surface area (Å²) in [6.07, 6.45) is 3.40. The van der Waals surface area contributed by atoms with Gasteiger partial charge in [0.15, 0.2) is 0 Å². The van der Waals surface area contributed by atoms with E-state index in [0.717, 1.165) is 49.7 Å². The van der Waals surface area contributed by atoms with Crippen LogP contribution in [0.5, 0.6) is 5.75 Å². The number of carbonyl (C=O) groups excluding carboxylic acids is 1. The molecule has 1 aliphatic heterocycles. The fourth-order valence-corrected chi connectivity index (χ4v) is 3.38. The van der Waals surface area contributed by atoms with E-state index in [2.05, 4.69) is 17.4 Å². The maximum Gasteiger partial charge on any atom is 0.244 e. The molecule has 0 aromatic heterocycles. The van der Waals surface area contributed by atoms with E-state index in [-0.39, 0.29) is 11.9 Å². The Morgan fingerprint density at radius 3 is 2.61 bits per heavy atom. The highest BCUT2D eigenvalue weighted by Gasteiger charge is 2.22. The monoisotopic (exact) mass is 381 g/mol. The van der Waals surface area contributed by atoms with Crippen molar-refractivity contribution in [3.63, 3.8) is 0 Å². The van der Waals surface area contributed by atoms with Gasteiger partial charge in [0.1, 0.15) is 31.4 Å². The second-order valence-corrected chi connectivity index (χ2v) is 6.84. The Bertz CT molecular complexity index is 770. The van der Waals surface area contributed by atoms with Gasteiger partial charge in [-0.3, -0.25) is 4.79 Å². The van der Waals surface area contributed by atoms with Crippen molar-refractivity contribution in [2.75, 3.05) is 39.5 Å². The van der Waals surface area contributed by atoms with E-state index in [1.807, 2.05) is 55.5 Å². The normalized spacial score (nSPS) is 16.0. The van der Waals surface area contributed by atoms with Gasteiger partial charge in [-0.05, 0) is 24.6 Å². The molecule has 1 saturated heterocycles. The molecule has 28 heavy (non-hydrogen) atoms. The molecule has 5 nitrogen and oxygen atoms in total. The molecule has 0 bridgehead atoms. The molecule has 1 aliphatic rings. The van der Waals surface area contributed by atoms with Gasteiger partial charge in [-0.25, -0.2) is 0 Å². The fraction of sp³-hybridized carbons (Fsp3) is 0.348. The summed E-state index contributed by atoms with van der Waals surface area (Å²) in [5, 5.41) is 3.17. The van der Waals surface area contributed by atoms with Gasteiger partial charge in [0, 0.05) is 11.6 Å². The van der Waals surface area contributed by atoms with Crippen molar-refractivity contribution >= 4 is 12.0 Å². The van der Waals surface area contributed by atoms with Crippen LogP contribution in [0.1, 0.15) is 24.1 Å². The van der Waals surface area contributed by atoms with Crippen LogP contribution in [-0.4, -0.2) is 45.4 Å².